The van der Waals surface area contributed by atoms with Crippen LogP contribution in [0.1, 0.15) is 36.3 Å². The minimum absolute atomic E-state index is 0.175. The monoisotopic (exact) mass is 355 g/mol. The van der Waals surface area contributed by atoms with E-state index in [0.29, 0.717) is 30.6 Å². The standard InChI is InChI=1S/C20H25N3O3/c1-13-5-7-16(8-6-13)23-18(24)10-17(26-4)19(21-23)20(25)22-11-14(2)9-15(3)12-22/h5-8,10,14-15H,9,11-12H2,1-4H3. The molecule has 1 saturated heterocycles. The van der Waals surface area contributed by atoms with Gasteiger partial charge >= 0.3 is 0 Å². The first-order valence-electron chi connectivity index (χ1n) is 8.93. The van der Waals surface area contributed by atoms with Gasteiger partial charge in [-0.25, -0.2) is 0 Å². The van der Waals surface area contributed by atoms with Gasteiger partial charge in [0.05, 0.1) is 18.9 Å². The normalized spacial score (nSPS) is 20.1. The molecule has 1 aliphatic heterocycles. The second kappa shape index (κ2) is 7.32. The molecule has 6 nitrogen and oxygen atoms in total. The van der Waals surface area contributed by atoms with E-state index in [0.717, 1.165) is 12.0 Å². The Labute approximate surface area is 153 Å². The fourth-order valence-corrected chi connectivity index (χ4v) is 3.59. The molecule has 0 aliphatic carbocycles. The molecule has 0 spiro atoms. The van der Waals surface area contributed by atoms with Crippen LogP contribution in [0, 0.1) is 18.8 Å². The lowest BCUT2D eigenvalue weighted by molar-refractivity contribution is 0.0611. The third kappa shape index (κ3) is 3.64. The fraction of sp³-hybridized carbons (Fsp3) is 0.450. The van der Waals surface area contributed by atoms with Crippen LogP contribution in [0.5, 0.6) is 5.75 Å². The second-order valence-electron chi connectivity index (χ2n) is 7.30. The number of hydrogen-bond acceptors (Lipinski definition) is 4. The maximum Gasteiger partial charge on any atom is 0.278 e. The highest BCUT2D eigenvalue weighted by Gasteiger charge is 2.29. The van der Waals surface area contributed by atoms with E-state index in [9.17, 15) is 9.59 Å². The number of rotatable bonds is 3. The molecule has 138 valence electrons. The first-order chi connectivity index (χ1) is 12.4. The van der Waals surface area contributed by atoms with Crippen molar-refractivity contribution in [3.8, 4) is 11.4 Å². The van der Waals surface area contributed by atoms with Gasteiger partial charge in [0, 0.05) is 13.1 Å². The zero-order valence-electron chi connectivity index (χ0n) is 15.7. The fourth-order valence-electron chi connectivity index (χ4n) is 3.59. The maximum atomic E-state index is 13.1. The number of piperidine rings is 1. The van der Waals surface area contributed by atoms with Gasteiger partial charge in [0.15, 0.2) is 11.4 Å². The average Bonchev–Trinajstić information content (AvgIpc) is 2.61. The number of aromatic nitrogens is 2. The van der Waals surface area contributed by atoms with Gasteiger partial charge in [-0.05, 0) is 37.3 Å². The van der Waals surface area contributed by atoms with Gasteiger partial charge in [-0.1, -0.05) is 31.5 Å². The Morgan fingerprint density at radius 2 is 1.77 bits per heavy atom. The van der Waals surface area contributed by atoms with Gasteiger partial charge in [0.1, 0.15) is 0 Å². The summed E-state index contributed by atoms with van der Waals surface area (Å²) in [6.45, 7) is 7.65. The molecule has 1 aromatic heterocycles. The predicted octanol–water partition coefficient (Wildman–Crippen LogP) is 2.67. The molecule has 1 aromatic carbocycles. The van der Waals surface area contributed by atoms with Gasteiger partial charge in [-0.3, -0.25) is 9.59 Å². The number of likely N-dealkylation sites (tertiary alicyclic amines) is 1. The summed E-state index contributed by atoms with van der Waals surface area (Å²) < 4.78 is 6.53. The number of methoxy groups -OCH3 is 1. The Kier molecular flexibility index (Phi) is 5.11. The van der Waals surface area contributed by atoms with E-state index in [2.05, 4.69) is 18.9 Å². The molecule has 26 heavy (non-hydrogen) atoms. The minimum Gasteiger partial charge on any atom is -0.494 e. The van der Waals surface area contributed by atoms with Crippen LogP contribution >= 0.6 is 0 Å². The highest BCUT2D eigenvalue weighted by atomic mass is 16.5. The molecular weight excluding hydrogens is 330 g/mol. The van der Waals surface area contributed by atoms with Crippen molar-refractivity contribution in [2.24, 2.45) is 11.8 Å². The van der Waals surface area contributed by atoms with Crippen molar-refractivity contribution in [2.75, 3.05) is 20.2 Å². The first-order valence-corrected chi connectivity index (χ1v) is 8.93. The van der Waals surface area contributed by atoms with Crippen molar-refractivity contribution in [3.05, 3.63) is 51.9 Å². The van der Waals surface area contributed by atoms with E-state index in [4.69, 9.17) is 4.74 Å². The van der Waals surface area contributed by atoms with Gasteiger partial charge in [-0.15, -0.1) is 0 Å². The lowest BCUT2D eigenvalue weighted by Gasteiger charge is -2.34. The zero-order valence-corrected chi connectivity index (χ0v) is 15.7. The molecule has 0 radical (unpaired) electrons. The maximum absolute atomic E-state index is 13.1. The summed E-state index contributed by atoms with van der Waals surface area (Å²) in [7, 11) is 1.45. The number of carbonyl (C=O) groups is 1. The van der Waals surface area contributed by atoms with Crippen molar-refractivity contribution in [1.82, 2.24) is 14.7 Å². The summed E-state index contributed by atoms with van der Waals surface area (Å²) in [5.41, 5.74) is 1.55. The summed E-state index contributed by atoms with van der Waals surface area (Å²) in [5.74, 6) is 0.906. The van der Waals surface area contributed by atoms with Crippen molar-refractivity contribution in [3.63, 3.8) is 0 Å². The van der Waals surface area contributed by atoms with E-state index in [1.165, 1.54) is 17.9 Å². The van der Waals surface area contributed by atoms with Gasteiger partial charge in [0.25, 0.3) is 11.5 Å². The van der Waals surface area contributed by atoms with E-state index in [-0.39, 0.29) is 22.9 Å². The number of aryl methyl sites for hydroxylation is 1. The number of nitrogens with zero attached hydrogens (tertiary/aromatic N) is 3. The molecule has 0 N–H and O–H groups in total. The van der Waals surface area contributed by atoms with E-state index in [1.807, 2.05) is 36.1 Å². The summed E-state index contributed by atoms with van der Waals surface area (Å²) in [4.78, 5) is 27.3. The molecule has 1 amide bonds. The van der Waals surface area contributed by atoms with Crippen LogP contribution in [0.3, 0.4) is 0 Å². The predicted molar refractivity (Wildman–Crippen MR) is 100.0 cm³/mol. The van der Waals surface area contributed by atoms with Crippen molar-refractivity contribution >= 4 is 5.91 Å². The zero-order chi connectivity index (χ0) is 18.8. The Morgan fingerprint density at radius 3 is 2.35 bits per heavy atom. The number of ether oxygens (including phenoxy) is 1. The van der Waals surface area contributed by atoms with Gasteiger partial charge in [0.2, 0.25) is 0 Å². The number of carbonyl (C=O) groups excluding carboxylic acids is 1. The molecule has 2 heterocycles. The van der Waals surface area contributed by atoms with E-state index in [1.54, 1.807) is 0 Å². The van der Waals surface area contributed by atoms with Crippen molar-refractivity contribution < 1.29 is 9.53 Å². The molecule has 1 aliphatic rings. The third-order valence-electron chi connectivity index (χ3n) is 4.75. The number of benzene rings is 1. The van der Waals surface area contributed by atoms with Crippen molar-refractivity contribution in [2.45, 2.75) is 27.2 Å². The Morgan fingerprint density at radius 1 is 1.15 bits per heavy atom. The quantitative estimate of drug-likeness (QED) is 0.849. The summed E-state index contributed by atoms with van der Waals surface area (Å²) >= 11 is 0. The lowest BCUT2D eigenvalue weighted by Crippen LogP contribution is -2.43. The highest BCUT2D eigenvalue weighted by molar-refractivity contribution is 5.94. The highest BCUT2D eigenvalue weighted by Crippen LogP contribution is 2.24. The van der Waals surface area contributed by atoms with Crippen LogP contribution in [0.2, 0.25) is 0 Å². The van der Waals surface area contributed by atoms with Gasteiger partial charge < -0.3 is 9.64 Å². The van der Waals surface area contributed by atoms with Crippen LogP contribution in [-0.2, 0) is 0 Å². The van der Waals surface area contributed by atoms with Crippen LogP contribution in [0.15, 0.2) is 35.1 Å². The molecule has 2 unspecified atom stereocenters. The molecule has 0 saturated carbocycles. The average molecular weight is 355 g/mol. The Balaban J connectivity index is 2.02. The molecule has 2 aromatic rings. The van der Waals surface area contributed by atoms with Crippen molar-refractivity contribution in [1.29, 1.82) is 0 Å². The molecule has 3 rings (SSSR count). The number of amides is 1. The Hall–Kier alpha value is -2.63. The van der Waals surface area contributed by atoms with Crippen LogP contribution < -0.4 is 10.3 Å². The third-order valence-corrected chi connectivity index (χ3v) is 4.75. The molecule has 0 bridgehead atoms. The summed E-state index contributed by atoms with van der Waals surface area (Å²) in [5, 5.41) is 4.36. The second-order valence-corrected chi connectivity index (χ2v) is 7.30. The summed E-state index contributed by atoms with van der Waals surface area (Å²) in [6, 6.07) is 8.77. The molecule has 6 heteroatoms. The minimum atomic E-state index is -0.331. The van der Waals surface area contributed by atoms with E-state index >= 15 is 0 Å². The van der Waals surface area contributed by atoms with E-state index < -0.39 is 0 Å². The van der Waals surface area contributed by atoms with Gasteiger partial charge in [-0.2, -0.15) is 9.78 Å². The first kappa shape index (κ1) is 18.2. The van der Waals surface area contributed by atoms with Crippen LogP contribution in [-0.4, -0.2) is 40.8 Å². The summed E-state index contributed by atoms with van der Waals surface area (Å²) in [6.07, 6.45) is 1.11. The van der Waals surface area contributed by atoms with Crippen LogP contribution in [0.4, 0.5) is 0 Å². The smallest absolute Gasteiger partial charge is 0.278 e. The molecule has 2 atom stereocenters. The topological polar surface area (TPSA) is 64.4 Å². The number of hydrogen-bond donors (Lipinski definition) is 0. The lowest BCUT2D eigenvalue weighted by atomic mass is 9.92. The Bertz CT molecular complexity index is 848. The molecular formula is C20H25N3O3. The SMILES string of the molecule is COc1cc(=O)n(-c2ccc(C)cc2)nc1C(=O)N1CC(C)CC(C)C1. The largest absolute Gasteiger partial charge is 0.494 e. The molecule has 1 fully saturated rings. The van der Waals surface area contributed by atoms with Crippen LogP contribution in [0.25, 0.3) is 5.69 Å².